The van der Waals surface area contributed by atoms with Crippen LogP contribution in [0.5, 0.6) is 11.5 Å². The lowest BCUT2D eigenvalue weighted by Crippen LogP contribution is -2.32. The third-order valence-electron chi connectivity index (χ3n) is 4.81. The number of nitrogens with two attached hydrogens (primary N) is 1. The van der Waals surface area contributed by atoms with Crippen LogP contribution in [-0.2, 0) is 10.0 Å². The van der Waals surface area contributed by atoms with Crippen LogP contribution in [0.2, 0.25) is 0 Å². The Morgan fingerprint density at radius 3 is 2.58 bits per heavy atom. The fourth-order valence-electron chi connectivity index (χ4n) is 3.39. The lowest BCUT2D eigenvalue weighted by Gasteiger charge is -2.17. The summed E-state index contributed by atoms with van der Waals surface area (Å²) in [5.41, 5.74) is 6.21. The number of hydrogen-bond acceptors (Lipinski definition) is 6. The van der Waals surface area contributed by atoms with Gasteiger partial charge in [0.2, 0.25) is 10.0 Å². The molecule has 2 unspecified atom stereocenters. The highest BCUT2D eigenvalue weighted by Crippen LogP contribution is 2.35. The fourth-order valence-corrected chi connectivity index (χ4v) is 4.91. The Balaban J connectivity index is 1.60. The van der Waals surface area contributed by atoms with Crippen LogP contribution in [0.25, 0.3) is 0 Å². The second-order valence-corrected chi connectivity index (χ2v) is 8.64. The van der Waals surface area contributed by atoms with E-state index in [0.29, 0.717) is 31.3 Å². The van der Waals surface area contributed by atoms with Crippen LogP contribution in [0.1, 0.15) is 23.9 Å². The molecule has 2 aliphatic heterocycles. The Morgan fingerprint density at radius 2 is 1.85 bits per heavy atom. The van der Waals surface area contributed by atoms with Gasteiger partial charge < -0.3 is 19.6 Å². The van der Waals surface area contributed by atoms with Crippen molar-refractivity contribution >= 4 is 10.0 Å². The van der Waals surface area contributed by atoms with Crippen LogP contribution in [0.3, 0.4) is 0 Å². The molecule has 2 N–H and O–H groups in total. The molecule has 140 valence electrons. The maximum absolute atomic E-state index is 13.1. The van der Waals surface area contributed by atoms with Crippen molar-refractivity contribution in [2.75, 3.05) is 26.3 Å². The molecule has 1 aromatic carbocycles. The van der Waals surface area contributed by atoms with Crippen LogP contribution in [0.15, 0.2) is 39.6 Å². The quantitative estimate of drug-likeness (QED) is 0.876. The maximum atomic E-state index is 13.1. The molecule has 2 aromatic rings. The minimum Gasteiger partial charge on any atom is -0.490 e. The number of benzene rings is 1. The molecule has 7 nitrogen and oxygen atoms in total. The van der Waals surface area contributed by atoms with Crippen LogP contribution < -0.4 is 15.2 Å². The second kappa shape index (κ2) is 6.61. The zero-order valence-electron chi connectivity index (χ0n) is 14.6. The highest BCUT2D eigenvalue weighted by atomic mass is 32.2. The van der Waals surface area contributed by atoms with E-state index in [-0.39, 0.29) is 23.4 Å². The Bertz CT molecular complexity index is 908. The van der Waals surface area contributed by atoms with Gasteiger partial charge in [-0.2, -0.15) is 4.31 Å². The first-order valence-electron chi connectivity index (χ1n) is 8.67. The summed E-state index contributed by atoms with van der Waals surface area (Å²) in [5.74, 6) is 2.40. The summed E-state index contributed by atoms with van der Waals surface area (Å²) in [5, 5.41) is 0. The van der Waals surface area contributed by atoms with Crippen LogP contribution >= 0.6 is 0 Å². The predicted octanol–water partition coefficient (Wildman–Crippen LogP) is 1.86. The molecule has 1 aromatic heterocycles. The van der Waals surface area contributed by atoms with Crippen molar-refractivity contribution in [2.45, 2.75) is 30.2 Å². The van der Waals surface area contributed by atoms with Crippen LogP contribution in [0, 0.1) is 6.92 Å². The van der Waals surface area contributed by atoms with Crippen molar-refractivity contribution in [3.8, 4) is 11.5 Å². The summed E-state index contributed by atoms with van der Waals surface area (Å²) in [6.07, 6.45) is 0.766. The van der Waals surface area contributed by atoms with E-state index in [1.54, 1.807) is 12.1 Å². The maximum Gasteiger partial charge on any atom is 0.243 e. The summed E-state index contributed by atoms with van der Waals surface area (Å²) in [6.45, 7) is 3.47. The average Bonchev–Trinajstić information content (AvgIpc) is 3.13. The highest BCUT2D eigenvalue weighted by Gasteiger charge is 2.40. The summed E-state index contributed by atoms with van der Waals surface area (Å²) in [7, 11) is -3.68. The van der Waals surface area contributed by atoms with Crippen molar-refractivity contribution in [1.82, 2.24) is 4.31 Å². The average molecular weight is 378 g/mol. The first-order chi connectivity index (χ1) is 12.4. The first kappa shape index (κ1) is 17.4. The van der Waals surface area contributed by atoms with E-state index in [2.05, 4.69) is 0 Å². The summed E-state index contributed by atoms with van der Waals surface area (Å²) in [4.78, 5) is 0.185. The number of furan rings is 1. The van der Waals surface area contributed by atoms with Gasteiger partial charge in [0, 0.05) is 37.5 Å². The van der Waals surface area contributed by atoms with Gasteiger partial charge in [-0.1, -0.05) is 0 Å². The van der Waals surface area contributed by atoms with Gasteiger partial charge >= 0.3 is 0 Å². The van der Waals surface area contributed by atoms with Gasteiger partial charge in [0.05, 0.1) is 18.1 Å². The van der Waals surface area contributed by atoms with E-state index < -0.39 is 10.0 Å². The molecular weight excluding hydrogens is 356 g/mol. The Labute approximate surface area is 152 Å². The van der Waals surface area contributed by atoms with Gasteiger partial charge in [0.25, 0.3) is 0 Å². The van der Waals surface area contributed by atoms with E-state index >= 15 is 0 Å². The van der Waals surface area contributed by atoms with Gasteiger partial charge in [-0.15, -0.1) is 0 Å². The largest absolute Gasteiger partial charge is 0.490 e. The Kier molecular flexibility index (Phi) is 4.42. The molecule has 26 heavy (non-hydrogen) atoms. The molecule has 0 amide bonds. The standard InChI is InChI=1S/C18H22N2O5S/c1-12-3-5-16(25-12)14-10-20(11-15(14)19)26(21,22)13-4-6-17-18(9-13)24-8-2-7-23-17/h3-6,9,14-15H,2,7-8,10-11,19H2,1H3. The molecule has 3 heterocycles. The van der Waals surface area contributed by atoms with Gasteiger partial charge in [-0.05, 0) is 31.2 Å². The third kappa shape index (κ3) is 3.08. The topological polar surface area (TPSA) is 95.0 Å². The number of sulfonamides is 1. The molecule has 4 rings (SSSR count). The molecule has 0 bridgehead atoms. The zero-order chi connectivity index (χ0) is 18.3. The smallest absolute Gasteiger partial charge is 0.243 e. The molecule has 2 aliphatic rings. The van der Waals surface area contributed by atoms with Gasteiger partial charge in [-0.25, -0.2) is 8.42 Å². The molecule has 2 atom stereocenters. The first-order valence-corrected chi connectivity index (χ1v) is 10.1. The molecule has 0 spiro atoms. The number of rotatable bonds is 3. The molecule has 8 heteroatoms. The molecule has 0 aliphatic carbocycles. The highest BCUT2D eigenvalue weighted by molar-refractivity contribution is 7.89. The minimum atomic E-state index is -3.68. The van der Waals surface area contributed by atoms with E-state index in [9.17, 15) is 8.42 Å². The van der Waals surface area contributed by atoms with Crippen molar-refractivity contribution in [3.63, 3.8) is 0 Å². The van der Waals surface area contributed by atoms with Crippen molar-refractivity contribution in [1.29, 1.82) is 0 Å². The van der Waals surface area contributed by atoms with Crippen molar-refractivity contribution in [2.24, 2.45) is 5.73 Å². The fraction of sp³-hybridized carbons (Fsp3) is 0.444. The van der Waals surface area contributed by atoms with E-state index in [1.165, 1.54) is 10.4 Å². The Hall–Kier alpha value is -2.03. The monoisotopic (exact) mass is 378 g/mol. The lowest BCUT2D eigenvalue weighted by atomic mass is 10.0. The molecular formula is C18H22N2O5S. The van der Waals surface area contributed by atoms with Crippen LogP contribution in [-0.4, -0.2) is 45.1 Å². The van der Waals surface area contributed by atoms with E-state index in [4.69, 9.17) is 19.6 Å². The normalized spacial score (nSPS) is 23.8. The van der Waals surface area contributed by atoms with E-state index in [0.717, 1.165) is 17.9 Å². The Morgan fingerprint density at radius 1 is 1.08 bits per heavy atom. The summed E-state index contributed by atoms with van der Waals surface area (Å²) < 4.78 is 44.4. The number of fused-ring (bicyclic) bond motifs is 1. The molecule has 0 radical (unpaired) electrons. The van der Waals surface area contributed by atoms with E-state index in [1.807, 2.05) is 19.1 Å². The van der Waals surface area contributed by atoms with Gasteiger partial charge in [0.1, 0.15) is 11.5 Å². The SMILES string of the molecule is Cc1ccc(C2CN(S(=O)(=O)c3ccc4c(c3)OCCCO4)CC2N)o1. The van der Waals surface area contributed by atoms with Gasteiger partial charge in [0.15, 0.2) is 11.5 Å². The van der Waals surface area contributed by atoms with Crippen molar-refractivity contribution in [3.05, 3.63) is 41.9 Å². The van der Waals surface area contributed by atoms with Crippen molar-refractivity contribution < 1.29 is 22.3 Å². The lowest BCUT2D eigenvalue weighted by molar-refractivity contribution is 0.297. The zero-order valence-corrected chi connectivity index (χ0v) is 15.4. The number of nitrogens with zero attached hydrogens (tertiary/aromatic N) is 1. The molecule has 0 saturated carbocycles. The number of aryl methyl sites for hydroxylation is 1. The van der Waals surface area contributed by atoms with Crippen LogP contribution in [0.4, 0.5) is 0 Å². The summed E-state index contributed by atoms with van der Waals surface area (Å²) in [6, 6.07) is 8.16. The summed E-state index contributed by atoms with van der Waals surface area (Å²) >= 11 is 0. The number of hydrogen-bond donors (Lipinski definition) is 1. The van der Waals surface area contributed by atoms with Gasteiger partial charge in [-0.3, -0.25) is 0 Å². The predicted molar refractivity (Wildman–Crippen MR) is 95.0 cm³/mol. The second-order valence-electron chi connectivity index (χ2n) is 6.70. The molecule has 1 saturated heterocycles. The third-order valence-corrected chi connectivity index (χ3v) is 6.64. The number of ether oxygens (including phenoxy) is 2. The molecule has 1 fully saturated rings. The minimum absolute atomic E-state index is 0.154.